The van der Waals surface area contributed by atoms with Gasteiger partial charge in [0, 0.05) is 6.42 Å². The van der Waals surface area contributed by atoms with Gasteiger partial charge in [-0.2, -0.15) is 0 Å². The standard InChI is InChI=1S/C36H63NO4/c1-3-5-6-7-8-9-14-18-21-24-27-30-35(40)34(32-38)37-36(41)31-28-25-22-19-16-13-11-10-12-15-17-20-23-26-29-33(39)4-2/h11-13,15,19-20,22-23,27,30,33-35,38-40H,3-10,14,16-18,21,24-26,28-29,31-32H2,1-2H3,(H,37,41)/b13-11-,15-12-,22-19-,23-20-,30-27+/t33-,34+,35-/m1/s1. The first-order chi connectivity index (χ1) is 20.0. The summed E-state index contributed by atoms with van der Waals surface area (Å²) < 4.78 is 0. The first-order valence-electron chi connectivity index (χ1n) is 16.6. The fourth-order valence-corrected chi connectivity index (χ4v) is 4.38. The molecule has 0 aromatic rings. The molecule has 0 radical (unpaired) electrons. The number of aliphatic hydroxyl groups excluding tert-OH is 3. The lowest BCUT2D eigenvalue weighted by atomic mass is 10.1. The molecule has 236 valence electrons. The van der Waals surface area contributed by atoms with E-state index in [0.29, 0.717) is 6.42 Å². The Morgan fingerprint density at radius 2 is 1.17 bits per heavy atom. The van der Waals surface area contributed by atoms with Crippen molar-refractivity contribution in [1.29, 1.82) is 0 Å². The number of aliphatic hydroxyl groups is 3. The Balaban J connectivity index is 3.83. The van der Waals surface area contributed by atoms with Crippen LogP contribution in [0.3, 0.4) is 0 Å². The van der Waals surface area contributed by atoms with E-state index in [2.05, 4.69) is 60.8 Å². The van der Waals surface area contributed by atoms with E-state index < -0.39 is 12.1 Å². The van der Waals surface area contributed by atoms with Gasteiger partial charge in [0.25, 0.3) is 0 Å². The molecule has 0 heterocycles. The van der Waals surface area contributed by atoms with Crippen LogP contribution in [-0.2, 0) is 4.79 Å². The average Bonchev–Trinajstić information content (AvgIpc) is 2.98. The Hall–Kier alpha value is -1.95. The Bertz CT molecular complexity index is 725. The van der Waals surface area contributed by atoms with Crippen molar-refractivity contribution < 1.29 is 20.1 Å². The summed E-state index contributed by atoms with van der Waals surface area (Å²) in [6.07, 6.45) is 39.5. The second-order valence-electron chi connectivity index (χ2n) is 11.0. The van der Waals surface area contributed by atoms with Gasteiger partial charge in [-0.25, -0.2) is 0 Å². The molecule has 0 saturated carbocycles. The molecule has 1 amide bonds. The van der Waals surface area contributed by atoms with Crippen molar-refractivity contribution in [3.05, 3.63) is 60.8 Å². The third-order valence-corrected chi connectivity index (χ3v) is 7.16. The molecule has 4 N–H and O–H groups in total. The maximum absolute atomic E-state index is 12.2. The predicted molar refractivity (Wildman–Crippen MR) is 176 cm³/mol. The van der Waals surface area contributed by atoms with Crippen LogP contribution >= 0.6 is 0 Å². The summed E-state index contributed by atoms with van der Waals surface area (Å²) in [5, 5.41) is 32.2. The fourth-order valence-electron chi connectivity index (χ4n) is 4.38. The molecule has 0 unspecified atom stereocenters. The maximum atomic E-state index is 12.2. The topological polar surface area (TPSA) is 89.8 Å². The third kappa shape index (κ3) is 28.0. The van der Waals surface area contributed by atoms with Crippen LogP contribution in [0.2, 0.25) is 0 Å². The van der Waals surface area contributed by atoms with Gasteiger partial charge in [-0.15, -0.1) is 0 Å². The summed E-state index contributed by atoms with van der Waals surface area (Å²) in [4.78, 5) is 12.2. The van der Waals surface area contributed by atoms with Gasteiger partial charge in [0.15, 0.2) is 0 Å². The summed E-state index contributed by atoms with van der Waals surface area (Å²) in [5.41, 5.74) is 0. The number of amides is 1. The smallest absolute Gasteiger partial charge is 0.220 e. The molecule has 0 aliphatic heterocycles. The Morgan fingerprint density at radius 3 is 1.73 bits per heavy atom. The molecule has 0 rings (SSSR count). The van der Waals surface area contributed by atoms with Crippen molar-refractivity contribution in [3.8, 4) is 0 Å². The van der Waals surface area contributed by atoms with Crippen molar-refractivity contribution in [2.45, 2.75) is 154 Å². The first kappa shape index (κ1) is 39.0. The zero-order valence-corrected chi connectivity index (χ0v) is 26.4. The van der Waals surface area contributed by atoms with E-state index in [4.69, 9.17) is 0 Å². The minimum Gasteiger partial charge on any atom is -0.394 e. The predicted octanol–water partition coefficient (Wildman–Crippen LogP) is 8.42. The molecule has 0 aliphatic carbocycles. The monoisotopic (exact) mass is 573 g/mol. The molecule has 5 heteroatoms. The first-order valence-corrected chi connectivity index (χ1v) is 16.6. The number of nitrogens with one attached hydrogen (secondary N) is 1. The molecule has 0 aromatic heterocycles. The Morgan fingerprint density at radius 1 is 0.659 bits per heavy atom. The quantitative estimate of drug-likeness (QED) is 0.0559. The third-order valence-electron chi connectivity index (χ3n) is 7.16. The van der Waals surface area contributed by atoms with Crippen LogP contribution in [0.5, 0.6) is 0 Å². The molecule has 0 saturated heterocycles. The summed E-state index contributed by atoms with van der Waals surface area (Å²) in [5.74, 6) is -0.135. The van der Waals surface area contributed by atoms with Crippen LogP contribution in [0.15, 0.2) is 60.8 Å². The highest BCUT2D eigenvalue weighted by Crippen LogP contribution is 2.11. The van der Waals surface area contributed by atoms with E-state index in [9.17, 15) is 20.1 Å². The summed E-state index contributed by atoms with van der Waals surface area (Å²) in [6.45, 7) is 3.97. The van der Waals surface area contributed by atoms with E-state index in [1.54, 1.807) is 6.08 Å². The van der Waals surface area contributed by atoms with E-state index >= 15 is 0 Å². The lowest BCUT2D eigenvalue weighted by Crippen LogP contribution is -2.45. The number of hydrogen-bond donors (Lipinski definition) is 4. The normalized spacial score (nSPS) is 14.8. The van der Waals surface area contributed by atoms with Crippen molar-refractivity contribution in [2.24, 2.45) is 0 Å². The van der Waals surface area contributed by atoms with Crippen molar-refractivity contribution in [2.75, 3.05) is 6.61 Å². The van der Waals surface area contributed by atoms with Crippen LogP contribution in [0, 0.1) is 0 Å². The molecular formula is C36H63NO4. The van der Waals surface area contributed by atoms with Gasteiger partial charge < -0.3 is 20.6 Å². The van der Waals surface area contributed by atoms with Gasteiger partial charge in [0.2, 0.25) is 5.91 Å². The highest BCUT2D eigenvalue weighted by Gasteiger charge is 2.17. The minimum absolute atomic E-state index is 0.135. The van der Waals surface area contributed by atoms with Crippen LogP contribution < -0.4 is 5.32 Å². The summed E-state index contributed by atoms with van der Waals surface area (Å²) in [7, 11) is 0. The number of unbranched alkanes of at least 4 members (excludes halogenated alkanes) is 10. The second-order valence-corrected chi connectivity index (χ2v) is 11.0. The average molecular weight is 574 g/mol. The Kier molecular flexibility index (Phi) is 29.5. The van der Waals surface area contributed by atoms with Crippen molar-refractivity contribution in [3.63, 3.8) is 0 Å². The number of carbonyl (C=O) groups is 1. The van der Waals surface area contributed by atoms with Crippen molar-refractivity contribution in [1.82, 2.24) is 5.32 Å². The van der Waals surface area contributed by atoms with Gasteiger partial charge in [0.05, 0.1) is 24.9 Å². The lowest BCUT2D eigenvalue weighted by molar-refractivity contribution is -0.122. The van der Waals surface area contributed by atoms with Crippen molar-refractivity contribution >= 4 is 5.91 Å². The van der Waals surface area contributed by atoms with E-state index in [1.807, 2.05) is 13.0 Å². The highest BCUT2D eigenvalue weighted by atomic mass is 16.3. The van der Waals surface area contributed by atoms with Gasteiger partial charge >= 0.3 is 0 Å². The molecule has 5 nitrogen and oxygen atoms in total. The van der Waals surface area contributed by atoms with E-state index in [1.165, 1.54) is 51.4 Å². The van der Waals surface area contributed by atoms with Gasteiger partial charge in [-0.3, -0.25) is 4.79 Å². The minimum atomic E-state index is -0.869. The molecule has 0 fully saturated rings. The van der Waals surface area contributed by atoms with Gasteiger partial charge in [-0.05, 0) is 64.2 Å². The maximum Gasteiger partial charge on any atom is 0.220 e. The molecule has 0 spiro atoms. The molecule has 0 bridgehead atoms. The lowest BCUT2D eigenvalue weighted by Gasteiger charge is -2.19. The SMILES string of the molecule is CCCCCCCCCCC/C=C/[C@@H](O)[C@H](CO)NC(=O)CCC/C=C\C/C=C\C/C=C\C/C=C\CC[C@H](O)CC. The highest BCUT2D eigenvalue weighted by molar-refractivity contribution is 5.76. The zero-order valence-electron chi connectivity index (χ0n) is 26.4. The second kappa shape index (κ2) is 31.0. The summed E-state index contributed by atoms with van der Waals surface area (Å²) >= 11 is 0. The molecule has 3 atom stereocenters. The number of rotatable bonds is 28. The molecule has 41 heavy (non-hydrogen) atoms. The molecule has 0 aliphatic rings. The van der Waals surface area contributed by atoms with E-state index in [0.717, 1.165) is 64.2 Å². The molecule has 0 aromatic carbocycles. The van der Waals surface area contributed by atoms with E-state index in [-0.39, 0.29) is 18.6 Å². The van der Waals surface area contributed by atoms with Crippen LogP contribution in [0.25, 0.3) is 0 Å². The molecular weight excluding hydrogens is 510 g/mol. The Labute approximate surface area is 252 Å². The number of carbonyl (C=O) groups excluding carboxylic acids is 1. The number of hydrogen-bond acceptors (Lipinski definition) is 4. The van der Waals surface area contributed by atoms with Gasteiger partial charge in [-0.1, -0.05) is 126 Å². The zero-order chi connectivity index (χ0) is 30.2. The van der Waals surface area contributed by atoms with Crippen LogP contribution in [0.1, 0.15) is 136 Å². The summed E-state index contributed by atoms with van der Waals surface area (Å²) in [6, 6.07) is -0.660. The van der Waals surface area contributed by atoms with Crippen LogP contribution in [0.4, 0.5) is 0 Å². The fraction of sp³-hybridized carbons (Fsp3) is 0.694. The number of allylic oxidation sites excluding steroid dienone is 9. The largest absolute Gasteiger partial charge is 0.394 e. The van der Waals surface area contributed by atoms with Crippen LogP contribution in [-0.4, -0.2) is 46.1 Å². The van der Waals surface area contributed by atoms with Gasteiger partial charge in [0.1, 0.15) is 0 Å².